The van der Waals surface area contributed by atoms with Gasteiger partial charge in [0, 0.05) is 24.6 Å². The minimum atomic E-state index is -0.982. The van der Waals surface area contributed by atoms with Crippen LogP contribution in [0.15, 0.2) is 18.2 Å². The number of carbonyl (C=O) groups excluding carboxylic acids is 1. The number of benzene rings is 1. The van der Waals surface area contributed by atoms with E-state index in [1.165, 1.54) is 25.7 Å². The SMILES string of the molecule is CCCCCCCCCC(=O)N[C@@H](CC1CNc2ccc(OC)cc21)C(=O)O. The molecule has 0 saturated heterocycles. The maximum absolute atomic E-state index is 12.2. The molecule has 1 aromatic carbocycles. The van der Waals surface area contributed by atoms with Gasteiger partial charge in [-0.2, -0.15) is 0 Å². The highest BCUT2D eigenvalue weighted by Gasteiger charge is 2.29. The number of rotatable bonds is 13. The van der Waals surface area contributed by atoms with Crippen molar-refractivity contribution in [1.82, 2.24) is 5.32 Å². The van der Waals surface area contributed by atoms with Gasteiger partial charge in [0.2, 0.25) is 5.91 Å². The number of hydrogen-bond donors (Lipinski definition) is 3. The number of carbonyl (C=O) groups is 2. The average Bonchev–Trinajstić information content (AvgIpc) is 3.08. The van der Waals surface area contributed by atoms with E-state index >= 15 is 0 Å². The zero-order valence-electron chi connectivity index (χ0n) is 17.1. The number of anilines is 1. The van der Waals surface area contributed by atoms with Crippen LogP contribution < -0.4 is 15.4 Å². The first kappa shape index (κ1) is 22.1. The molecule has 2 atom stereocenters. The number of fused-ring (bicyclic) bond motifs is 1. The van der Waals surface area contributed by atoms with Gasteiger partial charge in [-0.15, -0.1) is 0 Å². The number of nitrogens with one attached hydrogen (secondary N) is 2. The fraction of sp³-hybridized carbons (Fsp3) is 0.636. The van der Waals surface area contributed by atoms with Gasteiger partial charge in [-0.05, 0) is 36.6 Å². The summed E-state index contributed by atoms with van der Waals surface area (Å²) in [6.07, 6.45) is 8.71. The molecule has 0 saturated carbocycles. The molecule has 0 radical (unpaired) electrons. The van der Waals surface area contributed by atoms with Gasteiger partial charge < -0.3 is 20.5 Å². The van der Waals surface area contributed by atoms with Crippen LogP contribution in [0, 0.1) is 0 Å². The molecule has 1 heterocycles. The van der Waals surface area contributed by atoms with E-state index in [4.69, 9.17) is 4.74 Å². The summed E-state index contributed by atoms with van der Waals surface area (Å²) in [6.45, 7) is 2.86. The van der Waals surface area contributed by atoms with Crippen molar-refractivity contribution < 1.29 is 19.4 Å². The lowest BCUT2D eigenvalue weighted by Gasteiger charge is -2.19. The molecule has 0 aliphatic carbocycles. The summed E-state index contributed by atoms with van der Waals surface area (Å²) < 4.78 is 5.28. The smallest absolute Gasteiger partial charge is 0.326 e. The van der Waals surface area contributed by atoms with Crippen LogP contribution in [-0.4, -0.2) is 36.7 Å². The molecule has 1 aliphatic heterocycles. The van der Waals surface area contributed by atoms with Gasteiger partial charge in [-0.3, -0.25) is 4.79 Å². The summed E-state index contributed by atoms with van der Waals surface area (Å²) >= 11 is 0. The van der Waals surface area contributed by atoms with Crippen LogP contribution in [-0.2, 0) is 9.59 Å². The topological polar surface area (TPSA) is 87.7 Å². The van der Waals surface area contributed by atoms with Crippen LogP contribution >= 0.6 is 0 Å². The summed E-state index contributed by atoms with van der Waals surface area (Å²) in [5.41, 5.74) is 2.05. The van der Waals surface area contributed by atoms with E-state index in [1.54, 1.807) is 7.11 Å². The van der Waals surface area contributed by atoms with Crippen molar-refractivity contribution in [2.45, 2.75) is 76.7 Å². The third-order valence-corrected chi connectivity index (χ3v) is 5.40. The number of amides is 1. The van der Waals surface area contributed by atoms with Gasteiger partial charge in [0.25, 0.3) is 0 Å². The lowest BCUT2D eigenvalue weighted by Crippen LogP contribution is -2.41. The van der Waals surface area contributed by atoms with Crippen molar-refractivity contribution in [3.8, 4) is 5.75 Å². The average molecular weight is 391 g/mol. The summed E-state index contributed by atoms with van der Waals surface area (Å²) in [4.78, 5) is 23.9. The highest BCUT2D eigenvalue weighted by Crippen LogP contribution is 2.36. The van der Waals surface area contributed by atoms with Crippen molar-refractivity contribution in [1.29, 1.82) is 0 Å². The molecule has 156 valence electrons. The lowest BCUT2D eigenvalue weighted by molar-refractivity contribution is -0.142. The Morgan fingerprint density at radius 1 is 1.21 bits per heavy atom. The quantitative estimate of drug-likeness (QED) is 0.437. The Morgan fingerprint density at radius 3 is 2.61 bits per heavy atom. The predicted molar refractivity (Wildman–Crippen MR) is 111 cm³/mol. The van der Waals surface area contributed by atoms with Gasteiger partial charge in [0.1, 0.15) is 11.8 Å². The maximum Gasteiger partial charge on any atom is 0.326 e. The third kappa shape index (κ3) is 6.73. The predicted octanol–water partition coefficient (Wildman–Crippen LogP) is 4.30. The van der Waals surface area contributed by atoms with Gasteiger partial charge in [0.15, 0.2) is 0 Å². The zero-order chi connectivity index (χ0) is 20.4. The van der Waals surface area contributed by atoms with Crippen molar-refractivity contribution >= 4 is 17.6 Å². The largest absolute Gasteiger partial charge is 0.497 e. The molecule has 6 nitrogen and oxygen atoms in total. The van der Waals surface area contributed by atoms with Crippen LogP contribution in [0.4, 0.5) is 5.69 Å². The van der Waals surface area contributed by atoms with Crippen molar-refractivity contribution in [2.24, 2.45) is 0 Å². The van der Waals surface area contributed by atoms with E-state index < -0.39 is 12.0 Å². The van der Waals surface area contributed by atoms with E-state index in [9.17, 15) is 14.7 Å². The highest BCUT2D eigenvalue weighted by molar-refractivity contribution is 5.83. The van der Waals surface area contributed by atoms with Crippen LogP contribution in [0.1, 0.15) is 76.2 Å². The van der Waals surface area contributed by atoms with E-state index in [0.29, 0.717) is 19.4 Å². The highest BCUT2D eigenvalue weighted by atomic mass is 16.5. The summed E-state index contributed by atoms with van der Waals surface area (Å²) in [6, 6.07) is 4.90. The van der Waals surface area contributed by atoms with Gasteiger partial charge in [0.05, 0.1) is 7.11 Å². The van der Waals surface area contributed by atoms with E-state index in [1.807, 2.05) is 18.2 Å². The van der Waals surface area contributed by atoms with Gasteiger partial charge >= 0.3 is 5.97 Å². The summed E-state index contributed by atoms with van der Waals surface area (Å²) in [7, 11) is 1.61. The molecular formula is C22H34N2O4. The van der Waals surface area contributed by atoms with Gasteiger partial charge in [-0.25, -0.2) is 4.79 Å². The normalized spacial score (nSPS) is 16.1. The standard InChI is InChI=1S/C22H34N2O4/c1-3-4-5-6-7-8-9-10-21(25)24-20(22(26)27)13-16-15-23-19-12-11-17(28-2)14-18(16)19/h11-12,14,16,20,23H,3-10,13,15H2,1-2H3,(H,24,25)(H,26,27)/t16?,20-/m0/s1. The second-order valence-electron chi connectivity index (χ2n) is 7.60. The minimum Gasteiger partial charge on any atom is -0.497 e. The monoisotopic (exact) mass is 390 g/mol. The molecule has 0 spiro atoms. The van der Waals surface area contributed by atoms with Crippen molar-refractivity contribution in [3.63, 3.8) is 0 Å². The minimum absolute atomic E-state index is 0.0325. The number of ether oxygens (including phenoxy) is 1. The summed E-state index contributed by atoms with van der Waals surface area (Å²) in [5.74, 6) is -0.366. The number of carboxylic acid groups (broad SMARTS) is 1. The Balaban J connectivity index is 1.80. The first-order chi connectivity index (χ1) is 13.5. The maximum atomic E-state index is 12.2. The van der Waals surface area contributed by atoms with Gasteiger partial charge in [-0.1, -0.05) is 45.4 Å². The Kier molecular flexibility index (Phi) is 9.11. The third-order valence-electron chi connectivity index (χ3n) is 5.40. The molecule has 28 heavy (non-hydrogen) atoms. The Hall–Kier alpha value is -2.24. The van der Waals surface area contributed by atoms with E-state index in [-0.39, 0.29) is 11.8 Å². The first-order valence-electron chi connectivity index (χ1n) is 10.5. The lowest BCUT2D eigenvalue weighted by atomic mass is 9.93. The number of unbranched alkanes of at least 4 members (excludes halogenated alkanes) is 6. The number of methoxy groups -OCH3 is 1. The second-order valence-corrected chi connectivity index (χ2v) is 7.60. The molecule has 1 amide bonds. The number of hydrogen-bond acceptors (Lipinski definition) is 4. The van der Waals surface area contributed by atoms with Crippen LogP contribution in [0.2, 0.25) is 0 Å². The summed E-state index contributed by atoms with van der Waals surface area (Å²) in [5, 5.41) is 15.6. The number of aliphatic carboxylic acids is 1. The molecule has 1 unspecified atom stereocenters. The molecule has 0 bridgehead atoms. The number of carboxylic acids is 1. The first-order valence-corrected chi connectivity index (χ1v) is 10.5. The Labute approximate surface area is 168 Å². The molecule has 0 aromatic heterocycles. The Morgan fingerprint density at radius 2 is 1.93 bits per heavy atom. The van der Waals surface area contributed by atoms with Crippen LogP contribution in [0.5, 0.6) is 5.75 Å². The molecule has 3 N–H and O–H groups in total. The zero-order valence-corrected chi connectivity index (χ0v) is 17.1. The van der Waals surface area contributed by atoms with E-state index in [2.05, 4.69) is 17.6 Å². The van der Waals surface area contributed by atoms with Crippen molar-refractivity contribution in [3.05, 3.63) is 23.8 Å². The molecule has 6 heteroatoms. The molecule has 0 fully saturated rings. The van der Waals surface area contributed by atoms with Crippen LogP contribution in [0.3, 0.4) is 0 Å². The van der Waals surface area contributed by atoms with Crippen LogP contribution in [0.25, 0.3) is 0 Å². The molecular weight excluding hydrogens is 356 g/mol. The fourth-order valence-corrected chi connectivity index (χ4v) is 3.74. The molecule has 1 aliphatic rings. The second kappa shape index (κ2) is 11.6. The fourth-order valence-electron chi connectivity index (χ4n) is 3.74. The van der Waals surface area contributed by atoms with E-state index in [0.717, 1.165) is 36.3 Å². The Bertz CT molecular complexity index is 647. The molecule has 1 aromatic rings. The molecule has 2 rings (SSSR count). The van der Waals surface area contributed by atoms with Crippen molar-refractivity contribution in [2.75, 3.05) is 19.0 Å².